The van der Waals surface area contributed by atoms with E-state index in [1.807, 2.05) is 37.3 Å². The minimum atomic E-state index is -0.241. The first kappa shape index (κ1) is 27.6. The number of phenolic OH excluding ortho intramolecular Hbond substituents is 1. The van der Waals surface area contributed by atoms with Crippen molar-refractivity contribution in [2.24, 2.45) is 4.99 Å². The van der Waals surface area contributed by atoms with Crippen molar-refractivity contribution in [2.45, 2.75) is 72.1 Å². The van der Waals surface area contributed by atoms with E-state index in [0.29, 0.717) is 36.1 Å². The van der Waals surface area contributed by atoms with E-state index in [4.69, 9.17) is 14.1 Å². The molecule has 1 aliphatic rings. The molecule has 2 heterocycles. The molecule has 4 rings (SSSR count). The maximum absolute atomic E-state index is 11.1. The number of halogens is 1. The first-order chi connectivity index (χ1) is 16.5. The van der Waals surface area contributed by atoms with Crippen molar-refractivity contribution in [1.29, 1.82) is 0 Å². The Morgan fingerprint density at radius 3 is 2.22 bits per heavy atom. The molecule has 0 unspecified atom stereocenters. The number of nitrogens with one attached hydrogen (secondary N) is 1. The molecular formula is C29H38ClN3O3. The number of ether oxygens (including phenoxy) is 1. The highest BCUT2D eigenvalue weighted by Gasteiger charge is 2.28. The normalized spacial score (nSPS) is 13.7. The van der Waals surface area contributed by atoms with Gasteiger partial charge in [0, 0.05) is 41.6 Å². The molecule has 0 bridgehead atoms. The summed E-state index contributed by atoms with van der Waals surface area (Å²) >= 11 is 0. The Hall–Kier alpha value is -2.99. The molecule has 194 valence electrons. The highest BCUT2D eigenvalue weighted by atomic mass is 35.5. The Morgan fingerprint density at radius 1 is 1.03 bits per heavy atom. The second-order valence-corrected chi connectivity index (χ2v) is 11.2. The third-order valence-corrected chi connectivity index (χ3v) is 6.24. The number of hydrogen-bond donors (Lipinski definition) is 2. The van der Waals surface area contributed by atoms with Crippen molar-refractivity contribution in [3.05, 3.63) is 58.8 Å². The van der Waals surface area contributed by atoms with E-state index in [1.54, 1.807) is 0 Å². The highest BCUT2D eigenvalue weighted by molar-refractivity contribution is 5.86. The van der Waals surface area contributed by atoms with Crippen LogP contribution in [0.4, 0.5) is 0 Å². The molecule has 0 saturated carbocycles. The van der Waals surface area contributed by atoms with Crippen molar-refractivity contribution in [1.82, 2.24) is 10.3 Å². The minimum Gasteiger partial charge on any atom is -0.507 e. The molecule has 1 aliphatic heterocycles. The molecule has 2 aromatic carbocycles. The number of aromatic hydroxyl groups is 1. The number of nitrogens with zero attached hydrogens (tertiary/aromatic N) is 2. The lowest BCUT2D eigenvalue weighted by atomic mass is 9.78. The number of oxazole rings is 1. The Bertz CT molecular complexity index is 1210. The average Bonchev–Trinajstić information content (AvgIpc) is 3.43. The monoisotopic (exact) mass is 511 g/mol. The predicted octanol–water partition coefficient (Wildman–Crippen LogP) is 6.96. The Morgan fingerprint density at radius 2 is 1.67 bits per heavy atom. The van der Waals surface area contributed by atoms with Gasteiger partial charge in [0.1, 0.15) is 17.3 Å². The van der Waals surface area contributed by atoms with Crippen LogP contribution in [0.25, 0.3) is 11.5 Å². The number of para-hydroxylation sites is 1. The van der Waals surface area contributed by atoms with Crippen LogP contribution < -0.4 is 10.1 Å². The molecule has 1 aromatic heterocycles. The molecule has 0 amide bonds. The van der Waals surface area contributed by atoms with Gasteiger partial charge in [-0.25, -0.2) is 0 Å². The molecule has 0 spiro atoms. The van der Waals surface area contributed by atoms with Crippen LogP contribution in [-0.4, -0.2) is 29.0 Å². The second kappa shape index (κ2) is 10.6. The van der Waals surface area contributed by atoms with Crippen LogP contribution in [0.2, 0.25) is 0 Å². The van der Waals surface area contributed by atoms with E-state index < -0.39 is 0 Å². The molecule has 0 fully saturated rings. The summed E-state index contributed by atoms with van der Waals surface area (Å²) in [4.78, 5) is 9.29. The summed E-state index contributed by atoms with van der Waals surface area (Å²) in [5.41, 5.74) is 3.13. The van der Waals surface area contributed by atoms with E-state index >= 15 is 0 Å². The van der Waals surface area contributed by atoms with Gasteiger partial charge in [-0.3, -0.25) is 4.99 Å². The van der Waals surface area contributed by atoms with Crippen molar-refractivity contribution < 1.29 is 14.3 Å². The van der Waals surface area contributed by atoms with Crippen LogP contribution in [0.3, 0.4) is 0 Å². The van der Waals surface area contributed by atoms with Crippen molar-refractivity contribution in [2.75, 3.05) is 13.1 Å². The van der Waals surface area contributed by atoms with E-state index in [0.717, 1.165) is 46.9 Å². The molecule has 0 atom stereocenters. The largest absolute Gasteiger partial charge is 0.507 e. The topological polar surface area (TPSA) is 79.9 Å². The third kappa shape index (κ3) is 5.86. The standard InChI is InChI=1S/C29H37N3O3.ClH/c1-8-22-27(35-23-12-10-9-11-18(23)17-24-30-13-14-31-24)32-26(34-22)19-15-20(28(2,3)4)25(33)21(16-19)29(5,6)7;/h9-12,15-16,33H,8,13-14,17H2,1-7H3,(H,30,31);1H. The molecule has 2 N–H and O–H groups in total. The number of amidine groups is 1. The Labute approximate surface area is 220 Å². The Kier molecular flexibility index (Phi) is 8.09. The lowest BCUT2D eigenvalue weighted by molar-refractivity contribution is 0.423. The van der Waals surface area contributed by atoms with Crippen molar-refractivity contribution >= 4 is 18.2 Å². The zero-order chi connectivity index (χ0) is 25.4. The average molecular weight is 512 g/mol. The third-order valence-electron chi connectivity index (χ3n) is 6.24. The van der Waals surface area contributed by atoms with Crippen LogP contribution in [0, 0.1) is 0 Å². The van der Waals surface area contributed by atoms with Crippen molar-refractivity contribution in [3.8, 4) is 28.8 Å². The summed E-state index contributed by atoms with van der Waals surface area (Å²) in [7, 11) is 0. The summed E-state index contributed by atoms with van der Waals surface area (Å²) in [6.45, 7) is 16.3. The molecule has 0 saturated heterocycles. The number of aryl methyl sites for hydroxylation is 1. The molecule has 0 aliphatic carbocycles. The zero-order valence-electron chi connectivity index (χ0n) is 22.4. The molecule has 3 aromatic rings. The van der Waals surface area contributed by atoms with Gasteiger partial charge in [-0.2, -0.15) is 4.98 Å². The lowest BCUT2D eigenvalue weighted by Crippen LogP contribution is -2.20. The van der Waals surface area contributed by atoms with Gasteiger partial charge in [0.25, 0.3) is 5.88 Å². The van der Waals surface area contributed by atoms with Gasteiger partial charge in [0.2, 0.25) is 5.89 Å². The Balaban J connectivity index is 0.00000361. The van der Waals surface area contributed by atoms with E-state index in [1.165, 1.54) is 0 Å². The molecule has 7 heteroatoms. The predicted molar refractivity (Wildman–Crippen MR) is 148 cm³/mol. The van der Waals surface area contributed by atoms with Gasteiger partial charge in [0.05, 0.1) is 6.54 Å². The summed E-state index contributed by atoms with van der Waals surface area (Å²) in [5.74, 6) is 3.71. The zero-order valence-corrected chi connectivity index (χ0v) is 23.2. The summed E-state index contributed by atoms with van der Waals surface area (Å²) in [5, 5.41) is 14.4. The molecule has 0 radical (unpaired) electrons. The number of benzene rings is 2. The second-order valence-electron chi connectivity index (χ2n) is 11.2. The van der Waals surface area contributed by atoms with Crippen molar-refractivity contribution in [3.63, 3.8) is 0 Å². The van der Waals surface area contributed by atoms with Gasteiger partial charge >= 0.3 is 0 Å². The maximum atomic E-state index is 11.1. The van der Waals surface area contributed by atoms with E-state index in [9.17, 15) is 5.11 Å². The summed E-state index contributed by atoms with van der Waals surface area (Å²) < 4.78 is 12.5. The van der Waals surface area contributed by atoms with Crippen LogP contribution in [0.1, 0.15) is 70.9 Å². The van der Waals surface area contributed by atoms with Gasteiger partial charge in [-0.1, -0.05) is 66.7 Å². The number of phenols is 1. The maximum Gasteiger partial charge on any atom is 0.262 e. The summed E-state index contributed by atoms with van der Waals surface area (Å²) in [6, 6.07) is 11.9. The van der Waals surface area contributed by atoms with E-state index in [-0.39, 0.29) is 23.2 Å². The lowest BCUT2D eigenvalue weighted by Gasteiger charge is -2.27. The highest BCUT2D eigenvalue weighted by Crippen LogP contribution is 2.42. The first-order valence-electron chi connectivity index (χ1n) is 12.4. The van der Waals surface area contributed by atoms with Gasteiger partial charge in [0.15, 0.2) is 5.76 Å². The molecule has 36 heavy (non-hydrogen) atoms. The van der Waals surface area contributed by atoms with Crippen LogP contribution in [0.5, 0.6) is 17.4 Å². The number of aromatic nitrogens is 1. The van der Waals surface area contributed by atoms with Crippen LogP contribution >= 0.6 is 12.4 Å². The van der Waals surface area contributed by atoms with Gasteiger partial charge < -0.3 is 19.6 Å². The molecule has 6 nitrogen and oxygen atoms in total. The van der Waals surface area contributed by atoms with Crippen LogP contribution in [-0.2, 0) is 23.7 Å². The smallest absolute Gasteiger partial charge is 0.262 e. The number of hydrogen-bond acceptors (Lipinski definition) is 6. The SMILES string of the molecule is CCc1oc(-c2cc(C(C)(C)C)c(O)c(C(C)(C)C)c2)nc1Oc1ccccc1CC1=NCCN1.Cl. The number of rotatable bonds is 6. The fourth-order valence-corrected chi connectivity index (χ4v) is 4.27. The van der Waals surface area contributed by atoms with Gasteiger partial charge in [-0.15, -0.1) is 12.4 Å². The minimum absolute atomic E-state index is 0. The fraction of sp³-hybridized carbons (Fsp3) is 0.448. The van der Waals surface area contributed by atoms with Crippen LogP contribution in [0.15, 0.2) is 45.8 Å². The first-order valence-corrected chi connectivity index (χ1v) is 12.4. The van der Waals surface area contributed by atoms with E-state index in [2.05, 4.69) is 57.9 Å². The summed E-state index contributed by atoms with van der Waals surface area (Å²) in [6.07, 6.45) is 1.33. The fourth-order valence-electron chi connectivity index (χ4n) is 4.27. The number of aliphatic imine (C=N–C) groups is 1. The van der Waals surface area contributed by atoms with Gasteiger partial charge in [-0.05, 0) is 29.0 Å². The molecular weight excluding hydrogens is 474 g/mol. The quantitative estimate of drug-likeness (QED) is 0.373.